The molecular weight excluding hydrogens is 342 g/mol. The molecule has 3 fully saturated rings. The first-order valence-electron chi connectivity index (χ1n) is 10.0. The molecule has 1 aromatic rings. The maximum absolute atomic E-state index is 13.2. The number of pyridine rings is 1. The van der Waals surface area contributed by atoms with Gasteiger partial charge >= 0.3 is 0 Å². The fourth-order valence-corrected chi connectivity index (χ4v) is 5.04. The molecule has 1 amide bonds. The van der Waals surface area contributed by atoms with Gasteiger partial charge in [0.2, 0.25) is 5.91 Å². The highest BCUT2D eigenvalue weighted by Crippen LogP contribution is 2.41. The van der Waals surface area contributed by atoms with Crippen molar-refractivity contribution in [3.63, 3.8) is 0 Å². The van der Waals surface area contributed by atoms with Gasteiger partial charge in [0.25, 0.3) is 0 Å². The molecule has 0 aliphatic carbocycles. The van der Waals surface area contributed by atoms with Crippen LogP contribution in [0.2, 0.25) is 0 Å². The Bertz CT molecular complexity index is 647. The second-order valence-corrected chi connectivity index (χ2v) is 8.07. The Morgan fingerprint density at radius 1 is 1.19 bits per heavy atom. The molecule has 0 unspecified atom stereocenters. The van der Waals surface area contributed by atoms with Crippen LogP contribution in [0.25, 0.3) is 0 Å². The number of hydrogen-bond acceptors (Lipinski definition) is 6. The summed E-state index contributed by atoms with van der Waals surface area (Å²) in [4.78, 5) is 26.8. The van der Waals surface area contributed by atoms with Crippen molar-refractivity contribution in [1.29, 1.82) is 0 Å². The molecule has 27 heavy (non-hydrogen) atoms. The van der Waals surface area contributed by atoms with Crippen LogP contribution in [-0.4, -0.2) is 102 Å². The molecule has 4 heterocycles. The lowest BCUT2D eigenvalue weighted by molar-refractivity contribution is -0.135. The molecule has 3 aliphatic rings. The predicted molar refractivity (Wildman–Crippen MR) is 103 cm³/mol. The standard InChI is InChI=1S/C20H31N5O2/c1-22-11-12-24-18(16-22)19(26)25(13-14-27-2)20(24)5-9-23(10-6-20)15-17-3-7-21-8-4-17/h3-4,7-8,18H,5-6,9-16H2,1-2H3/t18-/m1/s1. The highest BCUT2D eigenvalue weighted by molar-refractivity contribution is 5.85. The minimum absolute atomic E-state index is 0.00681. The fourth-order valence-electron chi connectivity index (χ4n) is 5.04. The second-order valence-electron chi connectivity index (χ2n) is 8.07. The number of piperazine rings is 1. The van der Waals surface area contributed by atoms with E-state index < -0.39 is 0 Å². The van der Waals surface area contributed by atoms with Gasteiger partial charge in [-0.25, -0.2) is 0 Å². The van der Waals surface area contributed by atoms with Gasteiger partial charge in [-0.3, -0.25) is 19.6 Å². The van der Waals surface area contributed by atoms with Gasteiger partial charge < -0.3 is 14.5 Å². The van der Waals surface area contributed by atoms with Gasteiger partial charge in [0.15, 0.2) is 0 Å². The number of likely N-dealkylation sites (tertiary alicyclic amines) is 1. The van der Waals surface area contributed by atoms with Crippen LogP contribution in [0.1, 0.15) is 18.4 Å². The van der Waals surface area contributed by atoms with Gasteiger partial charge in [-0.05, 0) is 37.6 Å². The Balaban J connectivity index is 1.50. The topological polar surface area (TPSA) is 52.2 Å². The Kier molecular flexibility index (Phi) is 5.45. The molecule has 1 spiro atoms. The van der Waals surface area contributed by atoms with Crippen LogP contribution in [0.4, 0.5) is 0 Å². The summed E-state index contributed by atoms with van der Waals surface area (Å²) in [5.41, 5.74) is 1.17. The third kappa shape index (κ3) is 3.49. The lowest BCUT2D eigenvalue weighted by Crippen LogP contribution is -2.63. The molecule has 7 heteroatoms. The van der Waals surface area contributed by atoms with Crippen LogP contribution in [0.5, 0.6) is 0 Å². The Morgan fingerprint density at radius 3 is 2.63 bits per heavy atom. The molecule has 3 saturated heterocycles. The van der Waals surface area contributed by atoms with Crippen molar-refractivity contribution in [3.8, 4) is 0 Å². The number of ether oxygens (including phenoxy) is 1. The number of hydrogen-bond donors (Lipinski definition) is 0. The highest BCUT2D eigenvalue weighted by atomic mass is 16.5. The third-order valence-electron chi connectivity index (χ3n) is 6.50. The number of amides is 1. The number of nitrogens with zero attached hydrogens (tertiary/aromatic N) is 5. The minimum Gasteiger partial charge on any atom is -0.383 e. The summed E-state index contributed by atoms with van der Waals surface area (Å²) < 4.78 is 5.32. The summed E-state index contributed by atoms with van der Waals surface area (Å²) in [5, 5.41) is 0. The Labute approximate surface area is 161 Å². The van der Waals surface area contributed by atoms with Gasteiger partial charge in [-0.2, -0.15) is 0 Å². The van der Waals surface area contributed by atoms with E-state index in [4.69, 9.17) is 4.74 Å². The molecule has 7 nitrogen and oxygen atoms in total. The highest BCUT2D eigenvalue weighted by Gasteiger charge is 2.57. The zero-order valence-electron chi connectivity index (χ0n) is 16.5. The van der Waals surface area contributed by atoms with Crippen molar-refractivity contribution in [2.45, 2.75) is 31.1 Å². The van der Waals surface area contributed by atoms with Gasteiger partial charge in [-0.1, -0.05) is 0 Å². The Hall–Kier alpha value is -1.54. The maximum atomic E-state index is 13.2. The quantitative estimate of drug-likeness (QED) is 0.748. The van der Waals surface area contributed by atoms with E-state index in [1.54, 1.807) is 7.11 Å². The smallest absolute Gasteiger partial charge is 0.242 e. The molecule has 1 atom stereocenters. The van der Waals surface area contributed by atoms with Crippen molar-refractivity contribution in [2.75, 3.05) is 60.0 Å². The summed E-state index contributed by atoms with van der Waals surface area (Å²) in [7, 11) is 3.83. The van der Waals surface area contributed by atoms with E-state index in [1.165, 1.54) is 5.56 Å². The van der Waals surface area contributed by atoms with Crippen LogP contribution in [0, 0.1) is 0 Å². The molecule has 4 rings (SSSR count). The molecule has 0 radical (unpaired) electrons. The van der Waals surface area contributed by atoms with Crippen LogP contribution in [-0.2, 0) is 16.1 Å². The van der Waals surface area contributed by atoms with Gasteiger partial charge in [-0.15, -0.1) is 0 Å². The number of carbonyl (C=O) groups excluding carboxylic acids is 1. The molecule has 1 aromatic heterocycles. The predicted octanol–water partition coefficient (Wildman–Crippen LogP) is 0.478. The van der Waals surface area contributed by atoms with Crippen molar-refractivity contribution in [3.05, 3.63) is 30.1 Å². The number of methoxy groups -OCH3 is 1. The summed E-state index contributed by atoms with van der Waals surface area (Å²) in [6.07, 6.45) is 5.73. The van der Waals surface area contributed by atoms with E-state index in [2.05, 4.69) is 43.8 Å². The van der Waals surface area contributed by atoms with Crippen molar-refractivity contribution in [1.82, 2.24) is 24.6 Å². The van der Waals surface area contributed by atoms with Crippen LogP contribution >= 0.6 is 0 Å². The maximum Gasteiger partial charge on any atom is 0.242 e. The molecular formula is C20H31N5O2. The van der Waals surface area contributed by atoms with Crippen LogP contribution < -0.4 is 0 Å². The second kappa shape index (κ2) is 7.83. The lowest BCUT2D eigenvalue weighted by atomic mass is 9.93. The lowest BCUT2D eigenvalue weighted by Gasteiger charge is -2.50. The largest absolute Gasteiger partial charge is 0.383 e. The molecule has 0 bridgehead atoms. The monoisotopic (exact) mass is 373 g/mol. The summed E-state index contributed by atoms with van der Waals surface area (Å²) in [6.45, 7) is 7.12. The van der Waals surface area contributed by atoms with Gasteiger partial charge in [0.05, 0.1) is 12.3 Å². The van der Waals surface area contributed by atoms with Crippen molar-refractivity contribution in [2.24, 2.45) is 0 Å². The van der Waals surface area contributed by atoms with E-state index in [0.29, 0.717) is 19.1 Å². The molecule has 0 saturated carbocycles. The zero-order valence-corrected chi connectivity index (χ0v) is 16.5. The van der Waals surface area contributed by atoms with E-state index in [9.17, 15) is 4.79 Å². The molecule has 0 aromatic carbocycles. The van der Waals surface area contributed by atoms with Gasteiger partial charge in [0, 0.05) is 65.3 Å². The average Bonchev–Trinajstić information content (AvgIpc) is 2.90. The summed E-state index contributed by atoms with van der Waals surface area (Å²) in [5.74, 6) is 0.293. The summed E-state index contributed by atoms with van der Waals surface area (Å²) >= 11 is 0. The summed E-state index contributed by atoms with van der Waals surface area (Å²) in [6, 6.07) is 4.18. The number of rotatable bonds is 5. The van der Waals surface area contributed by atoms with E-state index >= 15 is 0 Å². The van der Waals surface area contributed by atoms with Crippen LogP contribution in [0.3, 0.4) is 0 Å². The fraction of sp³-hybridized carbons (Fsp3) is 0.700. The molecule has 3 aliphatic heterocycles. The first-order chi connectivity index (χ1) is 13.1. The first kappa shape index (κ1) is 18.8. The number of carbonyl (C=O) groups is 1. The average molecular weight is 374 g/mol. The van der Waals surface area contributed by atoms with Gasteiger partial charge in [0.1, 0.15) is 6.04 Å². The third-order valence-corrected chi connectivity index (χ3v) is 6.50. The van der Waals surface area contributed by atoms with Crippen molar-refractivity contribution < 1.29 is 9.53 Å². The number of likely N-dealkylation sites (N-methyl/N-ethyl adjacent to an activating group) is 1. The number of aromatic nitrogens is 1. The van der Waals surface area contributed by atoms with E-state index in [0.717, 1.165) is 52.1 Å². The molecule has 148 valence electrons. The normalized spacial score (nSPS) is 26.7. The van der Waals surface area contributed by atoms with Crippen LogP contribution in [0.15, 0.2) is 24.5 Å². The number of piperidine rings is 1. The van der Waals surface area contributed by atoms with E-state index in [-0.39, 0.29) is 11.7 Å². The Morgan fingerprint density at radius 2 is 1.93 bits per heavy atom. The first-order valence-corrected chi connectivity index (χ1v) is 10.0. The molecule has 0 N–H and O–H groups in total. The van der Waals surface area contributed by atoms with Crippen molar-refractivity contribution >= 4 is 5.91 Å². The minimum atomic E-state index is -0.129. The SMILES string of the molecule is COCCN1C(=O)[C@H]2CN(C)CCN2C12CCN(Cc1ccncc1)CC2. The zero-order chi connectivity index (χ0) is 18.9. The number of fused-ring (bicyclic) bond motifs is 2. The van der Waals surface area contributed by atoms with E-state index in [1.807, 2.05) is 12.4 Å².